The van der Waals surface area contributed by atoms with Crippen molar-refractivity contribution in [1.82, 2.24) is 19.7 Å². The molecule has 2 N–H and O–H groups in total. The van der Waals surface area contributed by atoms with Gasteiger partial charge in [-0.2, -0.15) is 5.10 Å². The molecule has 1 aliphatic rings. The Hall–Kier alpha value is -3.89. The molecule has 0 bridgehead atoms. The number of nitrogens with zero attached hydrogens (tertiary/aromatic N) is 6. The average Bonchev–Trinajstić information content (AvgIpc) is 3.32. The summed E-state index contributed by atoms with van der Waals surface area (Å²) in [5, 5.41) is 29.4. The molecular formula is C24H23N7O2S. The van der Waals surface area contributed by atoms with E-state index in [4.69, 9.17) is 5.10 Å². The molecule has 0 fully saturated rings. The molecule has 3 aromatic heterocycles. The second-order valence-electron chi connectivity index (χ2n) is 8.00. The number of carbonyl (C=O) groups excluding carboxylic acids is 1. The van der Waals surface area contributed by atoms with Crippen LogP contribution >= 0.6 is 11.3 Å². The Morgan fingerprint density at radius 1 is 1.15 bits per heavy atom. The lowest BCUT2D eigenvalue weighted by molar-refractivity contribution is -0.114. The van der Waals surface area contributed by atoms with Crippen molar-refractivity contribution >= 4 is 34.6 Å². The van der Waals surface area contributed by atoms with Crippen LogP contribution in [0.3, 0.4) is 0 Å². The first-order valence-electron chi connectivity index (χ1n) is 10.7. The van der Waals surface area contributed by atoms with E-state index >= 15 is 0 Å². The summed E-state index contributed by atoms with van der Waals surface area (Å²) in [5.74, 6) is 1.20. The van der Waals surface area contributed by atoms with Gasteiger partial charge < -0.3 is 10.4 Å². The van der Waals surface area contributed by atoms with Crippen molar-refractivity contribution in [2.75, 3.05) is 10.3 Å². The van der Waals surface area contributed by atoms with Crippen LogP contribution in [0.2, 0.25) is 0 Å². The van der Waals surface area contributed by atoms with Gasteiger partial charge in [-0.25, -0.2) is 5.01 Å². The minimum absolute atomic E-state index is 0.0614. The molecule has 1 aromatic carbocycles. The summed E-state index contributed by atoms with van der Waals surface area (Å²) in [6.45, 7) is 5.78. The number of benzene rings is 1. The highest BCUT2D eigenvalue weighted by Crippen LogP contribution is 2.39. The topological polar surface area (TPSA) is 109 Å². The van der Waals surface area contributed by atoms with Crippen molar-refractivity contribution in [1.29, 1.82) is 0 Å². The standard InChI is InChI=1S/C24H23N7O2S/c1-14-20(13-32)34-23-21(14)22(18-6-8-19(9-7-18)26-16(3)33)29-30(12-17-5-4-10-25-11-17)24-28-27-15(2)31(23)24/h4-11,32H,12-13H2,1-3H3,(H,26,33). The molecule has 0 saturated heterocycles. The lowest BCUT2D eigenvalue weighted by atomic mass is 9.99. The number of hydrazone groups is 1. The molecule has 0 atom stereocenters. The predicted octanol–water partition coefficient (Wildman–Crippen LogP) is 3.56. The number of hydrogen-bond acceptors (Lipinski definition) is 8. The fraction of sp³-hybridized carbons (Fsp3) is 0.208. The van der Waals surface area contributed by atoms with Crippen molar-refractivity contribution in [3.63, 3.8) is 0 Å². The van der Waals surface area contributed by atoms with Gasteiger partial charge in [-0.05, 0) is 43.2 Å². The summed E-state index contributed by atoms with van der Waals surface area (Å²) >= 11 is 1.51. The van der Waals surface area contributed by atoms with E-state index in [0.717, 1.165) is 43.7 Å². The Kier molecular flexibility index (Phi) is 5.68. The fourth-order valence-corrected chi connectivity index (χ4v) is 5.20. The van der Waals surface area contributed by atoms with E-state index in [9.17, 15) is 9.90 Å². The van der Waals surface area contributed by atoms with Gasteiger partial charge in [-0.3, -0.25) is 14.3 Å². The third kappa shape index (κ3) is 3.87. The highest BCUT2D eigenvalue weighted by molar-refractivity contribution is 7.15. The first-order chi connectivity index (χ1) is 16.5. The van der Waals surface area contributed by atoms with Crippen molar-refractivity contribution in [3.05, 3.63) is 81.7 Å². The third-order valence-corrected chi connectivity index (χ3v) is 6.87. The molecule has 0 unspecified atom stereocenters. The Morgan fingerprint density at radius 3 is 2.62 bits per heavy atom. The van der Waals surface area contributed by atoms with Gasteiger partial charge in [0.15, 0.2) is 0 Å². The highest BCUT2D eigenvalue weighted by atomic mass is 32.1. The number of aliphatic hydroxyl groups excluding tert-OH is 1. The van der Waals surface area contributed by atoms with Crippen LogP contribution in [-0.4, -0.2) is 36.5 Å². The Balaban J connectivity index is 1.71. The van der Waals surface area contributed by atoms with Gasteiger partial charge in [-0.15, -0.1) is 21.5 Å². The number of aryl methyl sites for hydroxylation is 1. The molecule has 172 valence electrons. The zero-order chi connectivity index (χ0) is 23.8. The quantitative estimate of drug-likeness (QED) is 0.459. The highest BCUT2D eigenvalue weighted by Gasteiger charge is 2.30. The van der Waals surface area contributed by atoms with Gasteiger partial charge >= 0.3 is 0 Å². The van der Waals surface area contributed by atoms with Crippen LogP contribution in [0.15, 0.2) is 53.9 Å². The monoisotopic (exact) mass is 473 g/mol. The zero-order valence-corrected chi connectivity index (χ0v) is 19.8. The van der Waals surface area contributed by atoms with Gasteiger partial charge in [-0.1, -0.05) is 18.2 Å². The first-order valence-corrected chi connectivity index (χ1v) is 11.6. The second kappa shape index (κ2) is 8.81. The summed E-state index contributed by atoms with van der Waals surface area (Å²) in [4.78, 5) is 16.6. The molecule has 1 aliphatic heterocycles. The number of aromatic nitrogens is 4. The number of aliphatic hydroxyl groups is 1. The lowest BCUT2D eigenvalue weighted by Gasteiger charge is -2.18. The maximum atomic E-state index is 11.4. The van der Waals surface area contributed by atoms with E-state index < -0.39 is 0 Å². The summed E-state index contributed by atoms with van der Waals surface area (Å²) in [6.07, 6.45) is 3.54. The van der Waals surface area contributed by atoms with Crippen LogP contribution in [-0.2, 0) is 17.9 Å². The van der Waals surface area contributed by atoms with Crippen molar-refractivity contribution in [2.45, 2.75) is 33.9 Å². The predicted molar refractivity (Wildman–Crippen MR) is 131 cm³/mol. The summed E-state index contributed by atoms with van der Waals surface area (Å²) in [6, 6.07) is 11.5. The van der Waals surface area contributed by atoms with Gasteiger partial charge in [0.05, 0.1) is 13.2 Å². The van der Waals surface area contributed by atoms with Crippen molar-refractivity contribution in [3.8, 4) is 5.00 Å². The molecule has 0 aliphatic carbocycles. The van der Waals surface area contributed by atoms with E-state index in [1.54, 1.807) is 12.4 Å². The van der Waals surface area contributed by atoms with E-state index in [2.05, 4.69) is 20.5 Å². The molecule has 0 saturated carbocycles. The number of amides is 1. The molecular weight excluding hydrogens is 450 g/mol. The van der Waals surface area contributed by atoms with E-state index in [0.29, 0.717) is 18.2 Å². The van der Waals surface area contributed by atoms with Crippen molar-refractivity contribution < 1.29 is 9.90 Å². The Labute approximate surface area is 200 Å². The van der Waals surface area contributed by atoms with E-state index in [-0.39, 0.29) is 12.5 Å². The fourth-order valence-electron chi connectivity index (χ4n) is 3.99. The van der Waals surface area contributed by atoms with Gasteiger partial charge in [0, 0.05) is 41.0 Å². The zero-order valence-electron chi connectivity index (χ0n) is 19.0. The number of hydrogen-bond donors (Lipinski definition) is 2. The first kappa shape index (κ1) is 21.9. The number of fused-ring (bicyclic) bond motifs is 3. The summed E-state index contributed by atoms with van der Waals surface area (Å²) in [7, 11) is 0. The normalized spacial score (nSPS) is 12.6. The minimum atomic E-state index is -0.126. The molecule has 9 nitrogen and oxygen atoms in total. The maximum Gasteiger partial charge on any atom is 0.253 e. The van der Waals surface area contributed by atoms with Crippen LogP contribution in [0.1, 0.15) is 39.9 Å². The molecule has 0 spiro atoms. The minimum Gasteiger partial charge on any atom is -0.391 e. The maximum absolute atomic E-state index is 11.4. The number of rotatable bonds is 5. The van der Waals surface area contributed by atoms with Crippen LogP contribution in [0.5, 0.6) is 0 Å². The molecule has 4 heterocycles. The number of anilines is 2. The van der Waals surface area contributed by atoms with Crippen LogP contribution in [0.25, 0.3) is 5.00 Å². The molecule has 0 radical (unpaired) electrons. The smallest absolute Gasteiger partial charge is 0.253 e. The Bertz CT molecular complexity index is 1390. The Morgan fingerprint density at radius 2 is 1.94 bits per heavy atom. The van der Waals surface area contributed by atoms with E-state index in [1.165, 1.54) is 18.3 Å². The number of carbonyl (C=O) groups is 1. The molecule has 4 aromatic rings. The van der Waals surface area contributed by atoms with Gasteiger partial charge in [0.25, 0.3) is 5.95 Å². The number of pyridine rings is 1. The van der Waals surface area contributed by atoms with Crippen LogP contribution in [0.4, 0.5) is 11.6 Å². The molecule has 10 heteroatoms. The van der Waals surface area contributed by atoms with Crippen LogP contribution < -0.4 is 10.3 Å². The van der Waals surface area contributed by atoms with Gasteiger partial charge in [0.1, 0.15) is 16.5 Å². The summed E-state index contributed by atoms with van der Waals surface area (Å²) in [5.41, 5.74) is 5.23. The SMILES string of the molecule is CC(=O)Nc1ccc(C2=NN(Cc3cccnc3)c3nnc(C)n3-c3sc(CO)c(C)c32)cc1. The molecule has 5 rings (SSSR count). The average molecular weight is 474 g/mol. The van der Waals surface area contributed by atoms with Gasteiger partial charge in [0.2, 0.25) is 5.91 Å². The molecule has 1 amide bonds. The summed E-state index contributed by atoms with van der Waals surface area (Å²) < 4.78 is 1.99. The van der Waals surface area contributed by atoms with E-state index in [1.807, 2.05) is 59.8 Å². The lowest BCUT2D eigenvalue weighted by Crippen LogP contribution is -2.20. The third-order valence-electron chi connectivity index (χ3n) is 5.60. The van der Waals surface area contributed by atoms with Crippen LogP contribution in [0, 0.1) is 13.8 Å². The number of nitrogens with one attached hydrogen (secondary N) is 1. The second-order valence-corrected chi connectivity index (χ2v) is 9.08. The largest absolute Gasteiger partial charge is 0.391 e. The molecule has 34 heavy (non-hydrogen) atoms. The number of thiophene rings is 1. The van der Waals surface area contributed by atoms with Crippen molar-refractivity contribution in [2.24, 2.45) is 5.10 Å².